The standard InChI is InChI=1S/C15H27N3S2/c1-5-13-14(9-16-8-11(2)3)20-15(17-13)18-6-7-19-10-12(18)4/h11-12,16H,5-10H2,1-4H3. The van der Waals surface area contributed by atoms with Crippen LogP contribution in [0.5, 0.6) is 0 Å². The first-order valence-electron chi connectivity index (χ1n) is 7.65. The maximum Gasteiger partial charge on any atom is 0.186 e. The average Bonchev–Trinajstić information content (AvgIpc) is 2.82. The summed E-state index contributed by atoms with van der Waals surface area (Å²) in [5.74, 6) is 3.15. The number of thiazole rings is 1. The van der Waals surface area contributed by atoms with Gasteiger partial charge in [0, 0.05) is 35.5 Å². The Morgan fingerprint density at radius 3 is 2.90 bits per heavy atom. The monoisotopic (exact) mass is 313 g/mol. The van der Waals surface area contributed by atoms with E-state index in [2.05, 4.69) is 49.7 Å². The van der Waals surface area contributed by atoms with Gasteiger partial charge in [0.15, 0.2) is 5.13 Å². The van der Waals surface area contributed by atoms with Crippen molar-refractivity contribution in [1.29, 1.82) is 0 Å². The van der Waals surface area contributed by atoms with Crippen molar-refractivity contribution in [3.8, 4) is 0 Å². The Morgan fingerprint density at radius 2 is 2.25 bits per heavy atom. The predicted octanol–water partition coefficient (Wildman–Crippen LogP) is 3.39. The topological polar surface area (TPSA) is 28.2 Å². The molecule has 1 aliphatic rings. The molecule has 114 valence electrons. The van der Waals surface area contributed by atoms with Crippen molar-refractivity contribution in [2.24, 2.45) is 5.92 Å². The van der Waals surface area contributed by atoms with Crippen LogP contribution in [0.25, 0.3) is 0 Å². The van der Waals surface area contributed by atoms with Crippen molar-refractivity contribution in [3.63, 3.8) is 0 Å². The van der Waals surface area contributed by atoms with Crippen LogP contribution in [-0.2, 0) is 13.0 Å². The number of nitrogens with zero attached hydrogens (tertiary/aromatic N) is 2. The van der Waals surface area contributed by atoms with Gasteiger partial charge in [-0.25, -0.2) is 4.98 Å². The lowest BCUT2D eigenvalue weighted by molar-refractivity contribution is 0.553. The second-order valence-electron chi connectivity index (χ2n) is 5.86. The first-order valence-corrected chi connectivity index (χ1v) is 9.62. The maximum absolute atomic E-state index is 4.90. The molecule has 1 aromatic heterocycles. The van der Waals surface area contributed by atoms with E-state index >= 15 is 0 Å². The van der Waals surface area contributed by atoms with Crippen LogP contribution in [0.2, 0.25) is 0 Å². The SMILES string of the molecule is CCc1nc(N2CCSCC2C)sc1CNCC(C)C. The summed E-state index contributed by atoms with van der Waals surface area (Å²) in [6.45, 7) is 12.2. The minimum atomic E-state index is 0.612. The van der Waals surface area contributed by atoms with E-state index in [1.165, 1.54) is 27.2 Å². The summed E-state index contributed by atoms with van der Waals surface area (Å²) in [6.07, 6.45) is 1.03. The second kappa shape index (κ2) is 7.66. The first kappa shape index (κ1) is 16.1. The van der Waals surface area contributed by atoms with Crippen LogP contribution < -0.4 is 10.2 Å². The molecule has 2 heterocycles. The summed E-state index contributed by atoms with van der Waals surface area (Å²) in [6, 6.07) is 0.612. The molecule has 0 saturated carbocycles. The second-order valence-corrected chi connectivity index (χ2v) is 8.07. The largest absolute Gasteiger partial charge is 0.344 e. The summed E-state index contributed by atoms with van der Waals surface area (Å²) < 4.78 is 0. The van der Waals surface area contributed by atoms with E-state index in [1.807, 2.05) is 11.3 Å². The van der Waals surface area contributed by atoms with Gasteiger partial charge >= 0.3 is 0 Å². The van der Waals surface area contributed by atoms with E-state index in [0.29, 0.717) is 12.0 Å². The summed E-state index contributed by atoms with van der Waals surface area (Å²) in [4.78, 5) is 8.81. The van der Waals surface area contributed by atoms with Gasteiger partial charge in [-0.1, -0.05) is 20.8 Å². The Hall–Kier alpha value is -0.260. The van der Waals surface area contributed by atoms with E-state index < -0.39 is 0 Å². The number of aryl methyl sites for hydroxylation is 1. The van der Waals surface area contributed by atoms with Crippen LogP contribution in [0.1, 0.15) is 38.3 Å². The minimum Gasteiger partial charge on any atom is -0.344 e. The minimum absolute atomic E-state index is 0.612. The van der Waals surface area contributed by atoms with Crippen LogP contribution >= 0.6 is 23.1 Å². The van der Waals surface area contributed by atoms with Crippen molar-refractivity contribution in [2.75, 3.05) is 29.5 Å². The molecule has 0 radical (unpaired) electrons. The third-order valence-corrected chi connectivity index (χ3v) is 5.88. The Morgan fingerprint density at radius 1 is 1.45 bits per heavy atom. The number of hydrogen-bond donors (Lipinski definition) is 1. The molecule has 1 N–H and O–H groups in total. The van der Waals surface area contributed by atoms with E-state index in [4.69, 9.17) is 4.98 Å². The van der Waals surface area contributed by atoms with Gasteiger partial charge in [-0.2, -0.15) is 11.8 Å². The number of nitrogens with one attached hydrogen (secondary N) is 1. The molecule has 1 unspecified atom stereocenters. The normalized spacial score (nSPS) is 19.9. The van der Waals surface area contributed by atoms with Gasteiger partial charge in [0.2, 0.25) is 0 Å². The van der Waals surface area contributed by atoms with Gasteiger partial charge in [0.25, 0.3) is 0 Å². The lowest BCUT2D eigenvalue weighted by Crippen LogP contribution is -2.40. The number of rotatable bonds is 6. The van der Waals surface area contributed by atoms with E-state index in [1.54, 1.807) is 0 Å². The predicted molar refractivity (Wildman–Crippen MR) is 92.2 cm³/mol. The maximum atomic E-state index is 4.90. The lowest BCUT2D eigenvalue weighted by Gasteiger charge is -2.32. The third kappa shape index (κ3) is 4.12. The number of thioether (sulfide) groups is 1. The van der Waals surface area contributed by atoms with Crippen molar-refractivity contribution >= 4 is 28.2 Å². The van der Waals surface area contributed by atoms with E-state index in [9.17, 15) is 0 Å². The Bertz CT molecular complexity index is 417. The number of hydrogen-bond acceptors (Lipinski definition) is 5. The summed E-state index contributed by atoms with van der Waals surface area (Å²) in [5.41, 5.74) is 1.28. The number of anilines is 1. The molecule has 2 rings (SSSR count). The van der Waals surface area contributed by atoms with Crippen LogP contribution in [-0.4, -0.2) is 35.6 Å². The summed E-state index contributed by atoms with van der Waals surface area (Å²) >= 11 is 3.95. The van der Waals surface area contributed by atoms with Crippen LogP contribution in [0.4, 0.5) is 5.13 Å². The van der Waals surface area contributed by atoms with Gasteiger partial charge in [-0.15, -0.1) is 11.3 Å². The molecule has 1 aromatic rings. The molecule has 1 saturated heterocycles. The fourth-order valence-electron chi connectivity index (χ4n) is 2.39. The molecule has 1 fully saturated rings. The van der Waals surface area contributed by atoms with Gasteiger partial charge in [-0.3, -0.25) is 0 Å². The summed E-state index contributed by atoms with van der Waals surface area (Å²) in [7, 11) is 0. The van der Waals surface area contributed by atoms with Crippen LogP contribution in [0, 0.1) is 5.92 Å². The molecule has 1 atom stereocenters. The van der Waals surface area contributed by atoms with Crippen molar-refractivity contribution < 1.29 is 0 Å². The Balaban J connectivity index is 2.05. The molecular weight excluding hydrogens is 286 g/mol. The molecule has 0 bridgehead atoms. The molecule has 0 aliphatic carbocycles. The molecule has 1 aliphatic heterocycles. The van der Waals surface area contributed by atoms with E-state index in [-0.39, 0.29) is 0 Å². The molecule has 0 spiro atoms. The highest BCUT2D eigenvalue weighted by Crippen LogP contribution is 2.30. The number of aromatic nitrogens is 1. The highest BCUT2D eigenvalue weighted by molar-refractivity contribution is 7.99. The molecule has 20 heavy (non-hydrogen) atoms. The smallest absolute Gasteiger partial charge is 0.186 e. The van der Waals surface area contributed by atoms with Crippen molar-refractivity contribution in [2.45, 2.75) is 46.7 Å². The molecule has 3 nitrogen and oxygen atoms in total. The first-order chi connectivity index (χ1) is 9.61. The molecule has 0 aromatic carbocycles. The zero-order valence-corrected chi connectivity index (χ0v) is 14.7. The van der Waals surface area contributed by atoms with Gasteiger partial charge in [-0.05, 0) is 25.8 Å². The highest BCUT2D eigenvalue weighted by atomic mass is 32.2. The quantitative estimate of drug-likeness (QED) is 0.871. The van der Waals surface area contributed by atoms with E-state index in [0.717, 1.165) is 26.1 Å². The zero-order chi connectivity index (χ0) is 14.5. The Kier molecular flexibility index (Phi) is 6.18. The molecule has 0 amide bonds. The zero-order valence-electron chi connectivity index (χ0n) is 13.1. The van der Waals surface area contributed by atoms with Crippen molar-refractivity contribution in [1.82, 2.24) is 10.3 Å². The van der Waals surface area contributed by atoms with Crippen LogP contribution in [0.15, 0.2) is 0 Å². The van der Waals surface area contributed by atoms with Gasteiger partial charge < -0.3 is 10.2 Å². The van der Waals surface area contributed by atoms with Gasteiger partial charge in [0.05, 0.1) is 5.69 Å². The van der Waals surface area contributed by atoms with Crippen molar-refractivity contribution in [3.05, 3.63) is 10.6 Å². The van der Waals surface area contributed by atoms with Gasteiger partial charge in [0.1, 0.15) is 0 Å². The average molecular weight is 314 g/mol. The third-order valence-electron chi connectivity index (χ3n) is 3.55. The Labute approximate surface area is 131 Å². The summed E-state index contributed by atoms with van der Waals surface area (Å²) in [5, 5.41) is 4.78. The lowest BCUT2D eigenvalue weighted by atomic mass is 10.2. The molecular formula is C15H27N3S2. The fraction of sp³-hybridized carbons (Fsp3) is 0.800. The fourth-order valence-corrected chi connectivity index (χ4v) is 4.65. The highest BCUT2D eigenvalue weighted by Gasteiger charge is 2.23. The molecule has 5 heteroatoms. The van der Waals surface area contributed by atoms with Crippen LogP contribution in [0.3, 0.4) is 0 Å².